The second-order valence-corrected chi connectivity index (χ2v) is 2.28. The highest BCUT2D eigenvalue weighted by Crippen LogP contribution is 1.95. The van der Waals surface area contributed by atoms with Crippen LogP contribution in [0.3, 0.4) is 0 Å². The summed E-state index contributed by atoms with van der Waals surface area (Å²) in [5.41, 5.74) is 0.307. The molecule has 0 aliphatic carbocycles. The molecule has 0 unspecified atom stereocenters. The maximum atomic E-state index is 11.0. The molecule has 0 aliphatic rings. The van der Waals surface area contributed by atoms with E-state index in [9.17, 15) is 4.79 Å². The Bertz CT molecular complexity index is 165. The summed E-state index contributed by atoms with van der Waals surface area (Å²) in [5, 5.41) is 0. The van der Waals surface area contributed by atoms with Gasteiger partial charge in [0.1, 0.15) is 6.79 Å². The van der Waals surface area contributed by atoms with Crippen LogP contribution in [0.1, 0.15) is 13.8 Å². The second-order valence-electron chi connectivity index (χ2n) is 2.28. The minimum Gasteiger partial charge on any atom is -0.463 e. The topological polar surface area (TPSA) is 44.8 Å². The van der Waals surface area contributed by atoms with E-state index in [4.69, 9.17) is 14.2 Å². The van der Waals surface area contributed by atoms with Crippen LogP contribution in [-0.2, 0) is 19.0 Å². The molecule has 0 bridgehead atoms. The van der Waals surface area contributed by atoms with Gasteiger partial charge in [0, 0.05) is 6.61 Å². The number of ether oxygens (including phenoxy) is 3. The molecule has 0 atom stereocenters. The van der Waals surface area contributed by atoms with Gasteiger partial charge in [-0.25, -0.2) is 4.79 Å². The van der Waals surface area contributed by atoms with Crippen LogP contribution in [-0.4, -0.2) is 32.6 Å². The number of carbonyl (C=O) groups excluding carboxylic acids is 1. The molecule has 0 amide bonds. The Morgan fingerprint density at radius 3 is 2.46 bits per heavy atom. The molecule has 0 saturated heterocycles. The molecule has 0 spiro atoms. The van der Waals surface area contributed by atoms with Crippen LogP contribution in [0.15, 0.2) is 12.2 Å². The summed E-state index contributed by atoms with van der Waals surface area (Å²) in [5.74, 6) is -0.418. The van der Waals surface area contributed by atoms with Gasteiger partial charge >= 0.3 is 5.97 Å². The van der Waals surface area contributed by atoms with E-state index in [0.29, 0.717) is 18.8 Å². The van der Waals surface area contributed by atoms with Crippen LogP contribution in [0.5, 0.6) is 0 Å². The molecule has 0 saturated carbocycles. The fourth-order valence-corrected chi connectivity index (χ4v) is 0.599. The van der Waals surface area contributed by atoms with Crippen molar-refractivity contribution < 1.29 is 19.0 Å². The van der Waals surface area contributed by atoms with Crippen molar-refractivity contribution in [3.63, 3.8) is 0 Å². The van der Waals surface area contributed by atoms with Crippen LogP contribution in [0.25, 0.3) is 0 Å². The van der Waals surface area contributed by atoms with Gasteiger partial charge in [-0.15, -0.1) is 0 Å². The van der Waals surface area contributed by atoms with Gasteiger partial charge in [-0.1, -0.05) is 6.58 Å². The van der Waals surface area contributed by atoms with Crippen LogP contribution < -0.4 is 0 Å². The molecule has 13 heavy (non-hydrogen) atoms. The quantitative estimate of drug-likeness (QED) is 0.260. The summed E-state index contributed by atoms with van der Waals surface area (Å²) in [6.07, 6.45) is 0. The lowest BCUT2D eigenvalue weighted by Gasteiger charge is -2.05. The van der Waals surface area contributed by atoms with Gasteiger partial charge in [0.15, 0.2) is 0 Å². The Balaban J connectivity index is 3.44. The Hall–Kier alpha value is -0.870. The first-order chi connectivity index (χ1) is 6.22. The van der Waals surface area contributed by atoms with Crippen LogP contribution in [0.2, 0.25) is 0 Å². The van der Waals surface area contributed by atoms with E-state index in [0.717, 1.165) is 0 Å². The van der Waals surface area contributed by atoms with Crippen LogP contribution in [0.4, 0.5) is 0 Å². The summed E-state index contributed by atoms with van der Waals surface area (Å²) in [7, 11) is 0. The summed E-state index contributed by atoms with van der Waals surface area (Å²) in [6, 6.07) is 0. The smallest absolute Gasteiger partial charge is 0.335 e. The first kappa shape index (κ1) is 12.1. The van der Waals surface area contributed by atoms with Crippen molar-refractivity contribution in [2.24, 2.45) is 0 Å². The zero-order chi connectivity index (χ0) is 10.1. The summed E-state index contributed by atoms with van der Waals surface area (Å²) >= 11 is 0. The third-order valence-corrected chi connectivity index (χ3v) is 1.21. The molecular weight excluding hydrogens is 172 g/mol. The third-order valence-electron chi connectivity index (χ3n) is 1.21. The molecular formula is C9H16O4. The molecule has 4 heteroatoms. The van der Waals surface area contributed by atoms with E-state index >= 15 is 0 Å². The Labute approximate surface area is 78.5 Å². The Morgan fingerprint density at radius 1 is 1.23 bits per heavy atom. The first-order valence-electron chi connectivity index (χ1n) is 4.22. The monoisotopic (exact) mass is 188 g/mol. The van der Waals surface area contributed by atoms with Gasteiger partial charge < -0.3 is 14.2 Å². The molecule has 76 valence electrons. The number of rotatable bonds is 7. The lowest BCUT2D eigenvalue weighted by atomic mass is 10.3. The standard InChI is InChI=1S/C9H16O4/c1-4-11-7-12-6-8(3)9(10)13-5-2/h3-7H2,1-2H3. The van der Waals surface area contributed by atoms with E-state index in [2.05, 4.69) is 6.58 Å². The van der Waals surface area contributed by atoms with Crippen molar-refractivity contribution in [3.8, 4) is 0 Å². The van der Waals surface area contributed by atoms with Gasteiger partial charge in [-0.3, -0.25) is 0 Å². The lowest BCUT2D eigenvalue weighted by molar-refractivity contribution is -0.139. The molecule has 0 N–H and O–H groups in total. The average Bonchev–Trinajstić information content (AvgIpc) is 2.12. The molecule has 0 heterocycles. The van der Waals surface area contributed by atoms with E-state index in [1.165, 1.54) is 0 Å². The Kier molecular flexibility index (Phi) is 7.24. The predicted octanol–water partition coefficient (Wildman–Crippen LogP) is 1.12. The predicted molar refractivity (Wildman–Crippen MR) is 48.2 cm³/mol. The fraction of sp³-hybridized carbons (Fsp3) is 0.667. The van der Waals surface area contributed by atoms with E-state index < -0.39 is 5.97 Å². The van der Waals surface area contributed by atoms with Crippen LogP contribution in [0, 0.1) is 0 Å². The van der Waals surface area contributed by atoms with E-state index in [-0.39, 0.29) is 13.4 Å². The highest BCUT2D eigenvalue weighted by Gasteiger charge is 2.06. The highest BCUT2D eigenvalue weighted by atomic mass is 16.7. The number of hydrogen-bond donors (Lipinski definition) is 0. The van der Waals surface area contributed by atoms with Crippen molar-refractivity contribution in [1.29, 1.82) is 0 Å². The van der Waals surface area contributed by atoms with Gasteiger partial charge in [-0.05, 0) is 13.8 Å². The van der Waals surface area contributed by atoms with Gasteiger partial charge in [0.2, 0.25) is 0 Å². The number of hydrogen-bond acceptors (Lipinski definition) is 4. The fourth-order valence-electron chi connectivity index (χ4n) is 0.599. The van der Waals surface area contributed by atoms with E-state index in [1.54, 1.807) is 6.92 Å². The zero-order valence-corrected chi connectivity index (χ0v) is 8.17. The molecule has 0 aliphatic heterocycles. The van der Waals surface area contributed by atoms with Gasteiger partial charge in [0.05, 0.1) is 18.8 Å². The maximum Gasteiger partial charge on any atom is 0.335 e. The molecule has 0 aromatic carbocycles. The van der Waals surface area contributed by atoms with Crippen molar-refractivity contribution in [3.05, 3.63) is 12.2 Å². The summed E-state index contributed by atoms with van der Waals surface area (Å²) in [6.45, 7) is 8.39. The third kappa shape index (κ3) is 6.31. The maximum absolute atomic E-state index is 11.0. The Morgan fingerprint density at radius 2 is 1.92 bits per heavy atom. The summed E-state index contributed by atoms with van der Waals surface area (Å²) in [4.78, 5) is 11.0. The highest BCUT2D eigenvalue weighted by molar-refractivity contribution is 5.87. The van der Waals surface area contributed by atoms with Crippen molar-refractivity contribution >= 4 is 5.97 Å². The van der Waals surface area contributed by atoms with Crippen molar-refractivity contribution in [2.45, 2.75) is 13.8 Å². The molecule has 0 radical (unpaired) electrons. The largest absolute Gasteiger partial charge is 0.463 e. The van der Waals surface area contributed by atoms with Gasteiger partial charge in [-0.2, -0.15) is 0 Å². The van der Waals surface area contributed by atoms with Crippen molar-refractivity contribution in [2.75, 3.05) is 26.6 Å². The molecule has 0 aromatic rings. The number of esters is 1. The molecule has 0 aromatic heterocycles. The normalized spacial score (nSPS) is 9.69. The van der Waals surface area contributed by atoms with Crippen LogP contribution >= 0.6 is 0 Å². The van der Waals surface area contributed by atoms with E-state index in [1.807, 2.05) is 6.92 Å². The van der Waals surface area contributed by atoms with Crippen molar-refractivity contribution in [1.82, 2.24) is 0 Å². The minimum absolute atomic E-state index is 0.152. The molecule has 0 fully saturated rings. The number of carbonyl (C=O) groups is 1. The summed E-state index contributed by atoms with van der Waals surface area (Å²) < 4.78 is 14.6. The first-order valence-corrected chi connectivity index (χ1v) is 4.22. The second kappa shape index (κ2) is 7.76. The molecule has 4 nitrogen and oxygen atoms in total. The van der Waals surface area contributed by atoms with Gasteiger partial charge in [0.25, 0.3) is 0 Å². The lowest BCUT2D eigenvalue weighted by Crippen LogP contribution is -2.12. The SMILES string of the molecule is C=C(COCOCC)C(=O)OCC. The minimum atomic E-state index is -0.418. The average molecular weight is 188 g/mol. The molecule has 0 rings (SSSR count). The zero-order valence-electron chi connectivity index (χ0n) is 8.17.